The summed E-state index contributed by atoms with van der Waals surface area (Å²) in [6, 6.07) is 6.02. The first-order valence-corrected chi connectivity index (χ1v) is 6.37. The molecule has 0 fully saturated rings. The molecule has 0 aliphatic carbocycles. The lowest BCUT2D eigenvalue weighted by atomic mass is 10.1. The van der Waals surface area contributed by atoms with Gasteiger partial charge in [-0.25, -0.2) is 0 Å². The van der Waals surface area contributed by atoms with E-state index < -0.39 is 0 Å². The molecule has 0 amide bonds. The van der Waals surface area contributed by atoms with Crippen molar-refractivity contribution in [3.63, 3.8) is 0 Å². The van der Waals surface area contributed by atoms with Crippen molar-refractivity contribution in [3.05, 3.63) is 28.7 Å². The second-order valence-corrected chi connectivity index (χ2v) is 4.71. The van der Waals surface area contributed by atoms with Crippen LogP contribution in [0.3, 0.4) is 0 Å². The molecule has 84 valence electrons. The highest BCUT2D eigenvalue weighted by Crippen LogP contribution is 2.40. The maximum Gasteiger partial charge on any atom is 0.132 e. The first-order chi connectivity index (χ1) is 7.88. The fourth-order valence-electron chi connectivity index (χ4n) is 1.95. The largest absolute Gasteiger partial charge is 0.494 e. The number of benzene rings is 1. The van der Waals surface area contributed by atoms with Gasteiger partial charge in [0.1, 0.15) is 18.1 Å². The van der Waals surface area contributed by atoms with Crippen molar-refractivity contribution >= 4 is 17.5 Å². The van der Waals surface area contributed by atoms with Crippen LogP contribution in [0.15, 0.2) is 23.1 Å². The van der Waals surface area contributed by atoms with Crippen LogP contribution in [-0.4, -0.2) is 19.1 Å². The molecule has 0 atom stereocenters. The Morgan fingerprint density at radius 3 is 3.31 bits per heavy atom. The second kappa shape index (κ2) is 3.94. The minimum Gasteiger partial charge on any atom is -0.494 e. The van der Waals surface area contributed by atoms with Crippen LogP contribution in [0.1, 0.15) is 12.5 Å². The van der Waals surface area contributed by atoms with E-state index in [9.17, 15) is 0 Å². The molecular weight excluding hydrogens is 222 g/mol. The lowest BCUT2D eigenvalue weighted by Crippen LogP contribution is -2.13. The molecule has 0 spiro atoms. The third-order valence-electron chi connectivity index (χ3n) is 2.67. The molecule has 0 bridgehead atoms. The Morgan fingerprint density at radius 1 is 1.50 bits per heavy atom. The van der Waals surface area contributed by atoms with Crippen molar-refractivity contribution in [1.82, 2.24) is 5.32 Å². The molecule has 1 N–H and O–H groups in total. The quantitative estimate of drug-likeness (QED) is 0.853. The molecule has 2 aliphatic heterocycles. The number of hydrogen-bond donors (Lipinski definition) is 1. The Labute approximate surface area is 98.8 Å². The summed E-state index contributed by atoms with van der Waals surface area (Å²) < 4.78 is 11.2. The van der Waals surface area contributed by atoms with Gasteiger partial charge in [0, 0.05) is 16.5 Å². The van der Waals surface area contributed by atoms with E-state index in [-0.39, 0.29) is 0 Å². The zero-order valence-electron chi connectivity index (χ0n) is 9.08. The zero-order chi connectivity index (χ0) is 11.0. The van der Waals surface area contributed by atoms with Gasteiger partial charge in [-0.3, -0.25) is 0 Å². The highest BCUT2D eigenvalue weighted by atomic mass is 32.2. The minimum atomic E-state index is 0.676. The normalized spacial score (nSPS) is 17.3. The van der Waals surface area contributed by atoms with Crippen LogP contribution in [0.4, 0.5) is 0 Å². The first kappa shape index (κ1) is 9.90. The Bertz CT molecular complexity index is 456. The fraction of sp³-hybridized carbons (Fsp3) is 0.333. The van der Waals surface area contributed by atoms with E-state index in [1.165, 1.54) is 10.6 Å². The number of ether oxygens (including phenoxy) is 2. The summed E-state index contributed by atoms with van der Waals surface area (Å²) in [5.74, 6) is 2.73. The standard InChI is InChI=1S/C12H13NO2S/c1-2-14-8-3-4-9-10(5-8)15-6-11-12(9)13-7-16-11/h3-5,13H,2,6-7H2,1H3. The number of hydrogen-bond acceptors (Lipinski definition) is 4. The summed E-state index contributed by atoms with van der Waals surface area (Å²) in [7, 11) is 0. The smallest absolute Gasteiger partial charge is 0.132 e. The van der Waals surface area contributed by atoms with Gasteiger partial charge in [0.2, 0.25) is 0 Å². The monoisotopic (exact) mass is 235 g/mol. The average molecular weight is 235 g/mol. The van der Waals surface area contributed by atoms with Gasteiger partial charge in [0.25, 0.3) is 0 Å². The van der Waals surface area contributed by atoms with Crippen molar-refractivity contribution in [2.24, 2.45) is 0 Å². The van der Waals surface area contributed by atoms with Gasteiger partial charge in [-0.05, 0) is 19.1 Å². The zero-order valence-corrected chi connectivity index (χ0v) is 9.89. The van der Waals surface area contributed by atoms with E-state index >= 15 is 0 Å². The number of rotatable bonds is 2. The summed E-state index contributed by atoms with van der Waals surface area (Å²) >= 11 is 1.82. The molecule has 3 nitrogen and oxygen atoms in total. The van der Waals surface area contributed by atoms with Gasteiger partial charge in [0.15, 0.2) is 0 Å². The van der Waals surface area contributed by atoms with E-state index in [1.54, 1.807) is 0 Å². The maximum atomic E-state index is 5.73. The summed E-state index contributed by atoms with van der Waals surface area (Å²) in [5.41, 5.74) is 2.38. The average Bonchev–Trinajstić information content (AvgIpc) is 2.77. The number of thioether (sulfide) groups is 1. The molecule has 2 heterocycles. The fourth-order valence-corrected chi connectivity index (χ4v) is 2.81. The van der Waals surface area contributed by atoms with Crippen LogP contribution in [0.5, 0.6) is 11.5 Å². The Kier molecular flexibility index (Phi) is 2.44. The van der Waals surface area contributed by atoms with Gasteiger partial charge in [-0.1, -0.05) is 0 Å². The predicted molar refractivity (Wildman–Crippen MR) is 65.6 cm³/mol. The van der Waals surface area contributed by atoms with Crippen LogP contribution in [-0.2, 0) is 0 Å². The Morgan fingerprint density at radius 2 is 2.44 bits per heavy atom. The van der Waals surface area contributed by atoms with Gasteiger partial charge in [-0.2, -0.15) is 0 Å². The van der Waals surface area contributed by atoms with Crippen molar-refractivity contribution in [2.75, 3.05) is 19.1 Å². The minimum absolute atomic E-state index is 0.676. The van der Waals surface area contributed by atoms with Gasteiger partial charge in [0.05, 0.1) is 18.2 Å². The van der Waals surface area contributed by atoms with E-state index in [1.807, 2.05) is 30.8 Å². The number of nitrogens with one attached hydrogen (secondary N) is 1. The van der Waals surface area contributed by atoms with Crippen LogP contribution in [0, 0.1) is 0 Å². The lowest BCUT2D eigenvalue weighted by Gasteiger charge is -2.19. The molecule has 0 saturated heterocycles. The topological polar surface area (TPSA) is 30.5 Å². The van der Waals surface area contributed by atoms with Gasteiger partial charge < -0.3 is 14.8 Å². The van der Waals surface area contributed by atoms with Gasteiger partial charge in [-0.15, -0.1) is 11.8 Å². The summed E-state index contributed by atoms with van der Waals surface area (Å²) in [5, 5.41) is 3.39. The Hall–Kier alpha value is -1.29. The molecule has 0 saturated carbocycles. The molecular formula is C12H13NO2S. The molecule has 0 unspecified atom stereocenters. The number of fused-ring (bicyclic) bond motifs is 2. The van der Waals surface area contributed by atoms with Crippen LogP contribution >= 0.6 is 11.8 Å². The highest BCUT2D eigenvalue weighted by molar-refractivity contribution is 8.03. The van der Waals surface area contributed by atoms with Gasteiger partial charge >= 0.3 is 0 Å². The van der Waals surface area contributed by atoms with Crippen LogP contribution in [0.25, 0.3) is 5.70 Å². The van der Waals surface area contributed by atoms with Crippen LogP contribution < -0.4 is 14.8 Å². The van der Waals surface area contributed by atoms with E-state index in [4.69, 9.17) is 9.47 Å². The van der Waals surface area contributed by atoms with Crippen molar-refractivity contribution < 1.29 is 9.47 Å². The molecule has 3 rings (SSSR count). The van der Waals surface area contributed by atoms with Crippen molar-refractivity contribution in [2.45, 2.75) is 6.92 Å². The molecule has 16 heavy (non-hydrogen) atoms. The van der Waals surface area contributed by atoms with E-state index in [0.29, 0.717) is 13.2 Å². The third kappa shape index (κ3) is 1.53. The summed E-state index contributed by atoms with van der Waals surface area (Å²) in [6.07, 6.45) is 0. The summed E-state index contributed by atoms with van der Waals surface area (Å²) in [4.78, 5) is 1.30. The first-order valence-electron chi connectivity index (χ1n) is 5.38. The highest BCUT2D eigenvalue weighted by Gasteiger charge is 2.24. The molecule has 1 aromatic rings. The van der Waals surface area contributed by atoms with Crippen molar-refractivity contribution in [3.8, 4) is 11.5 Å². The Balaban J connectivity index is 2.00. The molecule has 0 aromatic heterocycles. The third-order valence-corrected chi connectivity index (χ3v) is 3.63. The molecule has 4 heteroatoms. The van der Waals surface area contributed by atoms with Crippen LogP contribution in [0.2, 0.25) is 0 Å². The molecule has 0 radical (unpaired) electrons. The van der Waals surface area contributed by atoms with E-state index in [2.05, 4.69) is 11.4 Å². The predicted octanol–water partition coefficient (Wildman–Crippen LogP) is 2.44. The SMILES string of the molecule is CCOc1ccc2c(c1)OCC1=C2NCS1. The lowest BCUT2D eigenvalue weighted by molar-refractivity contribution is 0.328. The molecule has 2 aliphatic rings. The summed E-state index contributed by atoms with van der Waals surface area (Å²) in [6.45, 7) is 3.34. The van der Waals surface area contributed by atoms with E-state index in [0.717, 1.165) is 22.9 Å². The second-order valence-electron chi connectivity index (χ2n) is 3.64. The molecule has 1 aromatic carbocycles. The van der Waals surface area contributed by atoms with Crippen molar-refractivity contribution in [1.29, 1.82) is 0 Å². The maximum absolute atomic E-state index is 5.73.